The van der Waals surface area contributed by atoms with Gasteiger partial charge in [-0.1, -0.05) is 65.8 Å². The number of para-hydroxylation sites is 1. The lowest BCUT2D eigenvalue weighted by molar-refractivity contribution is -0.137. The SMILES string of the molecule is COC[C@H](C)n1c(S[C@@H](C(=O)Nc2cc(C(F)(F)F)ccc2Cl)c2ccccc2)nc2ccccc2c1=O. The van der Waals surface area contributed by atoms with Crippen molar-refractivity contribution in [3.63, 3.8) is 0 Å². The third-order valence-electron chi connectivity index (χ3n) is 5.74. The number of fused-ring (bicyclic) bond motifs is 1. The molecule has 0 radical (unpaired) electrons. The van der Waals surface area contributed by atoms with Crippen molar-refractivity contribution in [2.75, 3.05) is 19.0 Å². The van der Waals surface area contributed by atoms with Gasteiger partial charge in [-0.05, 0) is 42.8 Å². The van der Waals surface area contributed by atoms with Crippen LogP contribution in [0.3, 0.4) is 0 Å². The molecule has 0 unspecified atom stereocenters. The quantitative estimate of drug-likeness (QED) is 0.190. The zero-order chi connectivity index (χ0) is 27.4. The highest BCUT2D eigenvalue weighted by Gasteiger charge is 2.32. The Morgan fingerprint density at radius 1 is 1.11 bits per heavy atom. The summed E-state index contributed by atoms with van der Waals surface area (Å²) in [5.41, 5.74) is -0.402. The average Bonchev–Trinajstić information content (AvgIpc) is 2.88. The van der Waals surface area contributed by atoms with Gasteiger partial charge in [-0.3, -0.25) is 14.2 Å². The Morgan fingerprint density at radius 3 is 2.47 bits per heavy atom. The molecule has 38 heavy (non-hydrogen) atoms. The van der Waals surface area contributed by atoms with E-state index < -0.39 is 28.9 Å². The number of alkyl halides is 3. The summed E-state index contributed by atoms with van der Waals surface area (Å²) in [5, 5.41) is 2.19. The summed E-state index contributed by atoms with van der Waals surface area (Å²) in [6, 6.07) is 17.9. The van der Waals surface area contributed by atoms with Crippen LogP contribution in [0.4, 0.5) is 18.9 Å². The van der Waals surface area contributed by atoms with E-state index in [9.17, 15) is 22.8 Å². The molecule has 1 N–H and O–H groups in total. The Labute approximate surface area is 225 Å². The van der Waals surface area contributed by atoms with E-state index >= 15 is 0 Å². The van der Waals surface area contributed by atoms with Crippen LogP contribution in [0.15, 0.2) is 82.7 Å². The topological polar surface area (TPSA) is 73.2 Å². The minimum absolute atomic E-state index is 0.0439. The van der Waals surface area contributed by atoms with Crippen LogP contribution >= 0.6 is 23.4 Å². The molecule has 0 aliphatic carbocycles. The minimum Gasteiger partial charge on any atom is -0.383 e. The molecule has 2 atom stereocenters. The molecule has 1 amide bonds. The summed E-state index contributed by atoms with van der Waals surface area (Å²) in [7, 11) is 1.52. The number of benzene rings is 3. The first-order chi connectivity index (χ1) is 18.1. The lowest BCUT2D eigenvalue weighted by atomic mass is 10.1. The smallest absolute Gasteiger partial charge is 0.383 e. The van der Waals surface area contributed by atoms with Crippen LogP contribution < -0.4 is 10.9 Å². The standard InChI is InChI=1S/C27H23ClF3N3O3S/c1-16(15-37-2)34-25(36)19-10-6-7-11-21(19)33-26(34)38-23(17-8-4-3-5-9-17)24(35)32-22-14-18(27(29,30)31)12-13-20(22)28/h3-14,16,23H,15H2,1-2H3,(H,32,35)/t16-,23+/m0/s1. The summed E-state index contributed by atoms with van der Waals surface area (Å²) in [6.45, 7) is 2.01. The summed E-state index contributed by atoms with van der Waals surface area (Å²) in [6.07, 6.45) is -4.61. The number of nitrogens with one attached hydrogen (secondary N) is 1. The lowest BCUT2D eigenvalue weighted by Crippen LogP contribution is -2.29. The number of thioether (sulfide) groups is 1. The summed E-state index contributed by atoms with van der Waals surface area (Å²) >= 11 is 7.14. The number of carbonyl (C=O) groups is 1. The number of halogens is 4. The fourth-order valence-electron chi connectivity index (χ4n) is 3.91. The first kappa shape index (κ1) is 27.7. The molecule has 1 aromatic heterocycles. The molecule has 0 aliphatic heterocycles. The van der Waals surface area contributed by atoms with Crippen molar-refractivity contribution in [1.29, 1.82) is 0 Å². The van der Waals surface area contributed by atoms with Crippen LogP contribution in [0, 0.1) is 0 Å². The maximum Gasteiger partial charge on any atom is 0.416 e. The number of nitrogens with zero attached hydrogens (tertiary/aromatic N) is 2. The van der Waals surface area contributed by atoms with Crippen molar-refractivity contribution >= 4 is 45.9 Å². The van der Waals surface area contributed by atoms with Gasteiger partial charge in [-0.15, -0.1) is 0 Å². The first-order valence-electron chi connectivity index (χ1n) is 11.5. The van der Waals surface area contributed by atoms with Crippen LogP contribution in [0.1, 0.15) is 29.3 Å². The molecule has 0 saturated heterocycles. The number of hydrogen-bond donors (Lipinski definition) is 1. The number of aromatic nitrogens is 2. The minimum atomic E-state index is -4.61. The highest BCUT2D eigenvalue weighted by Crippen LogP contribution is 2.38. The van der Waals surface area contributed by atoms with Crippen LogP contribution in [-0.2, 0) is 15.7 Å². The molecule has 0 bridgehead atoms. The highest BCUT2D eigenvalue weighted by atomic mass is 35.5. The van der Waals surface area contributed by atoms with Gasteiger partial charge in [0.15, 0.2) is 5.16 Å². The van der Waals surface area contributed by atoms with Gasteiger partial charge in [-0.25, -0.2) is 4.98 Å². The van der Waals surface area contributed by atoms with E-state index in [1.54, 1.807) is 61.5 Å². The van der Waals surface area contributed by atoms with Crippen molar-refractivity contribution in [3.8, 4) is 0 Å². The first-order valence-corrected chi connectivity index (χ1v) is 12.8. The molecule has 0 aliphatic rings. The third-order valence-corrected chi connectivity index (χ3v) is 7.29. The molecular formula is C27H23ClF3N3O3S. The number of anilines is 1. The van der Waals surface area contributed by atoms with Gasteiger partial charge in [0.05, 0.1) is 39.8 Å². The van der Waals surface area contributed by atoms with Crippen LogP contribution in [0.25, 0.3) is 10.9 Å². The molecule has 0 fully saturated rings. The number of carbonyl (C=O) groups excluding carboxylic acids is 1. The van der Waals surface area contributed by atoms with Crippen molar-refractivity contribution in [2.24, 2.45) is 0 Å². The van der Waals surface area contributed by atoms with E-state index in [1.807, 2.05) is 0 Å². The van der Waals surface area contributed by atoms with Crippen LogP contribution in [0.5, 0.6) is 0 Å². The predicted octanol–water partition coefficient (Wildman–Crippen LogP) is 6.75. The van der Waals surface area contributed by atoms with Crippen molar-refractivity contribution < 1.29 is 22.7 Å². The second-order valence-corrected chi connectivity index (χ2v) is 9.96. The van der Waals surface area contributed by atoms with Crippen LogP contribution in [0.2, 0.25) is 5.02 Å². The maximum absolute atomic E-state index is 13.6. The summed E-state index contributed by atoms with van der Waals surface area (Å²) < 4.78 is 46.6. The Hall–Kier alpha value is -3.34. The molecule has 11 heteroatoms. The van der Waals surface area contributed by atoms with Crippen molar-refractivity contribution in [2.45, 2.75) is 29.5 Å². The number of hydrogen-bond acceptors (Lipinski definition) is 5. The van der Waals surface area contributed by atoms with E-state index in [0.29, 0.717) is 16.5 Å². The second kappa shape index (κ2) is 11.6. The fraction of sp³-hybridized carbons (Fsp3) is 0.222. The molecule has 0 saturated carbocycles. The number of ether oxygens (including phenoxy) is 1. The molecule has 198 valence electrons. The summed E-state index contributed by atoms with van der Waals surface area (Å²) in [4.78, 5) is 31.7. The maximum atomic E-state index is 13.6. The molecule has 1 heterocycles. The van der Waals surface area contributed by atoms with Crippen LogP contribution in [-0.4, -0.2) is 29.2 Å². The number of methoxy groups -OCH3 is 1. The van der Waals surface area contributed by atoms with E-state index in [1.165, 1.54) is 11.7 Å². The van der Waals surface area contributed by atoms with E-state index in [4.69, 9.17) is 16.3 Å². The van der Waals surface area contributed by atoms with Gasteiger partial charge in [0.2, 0.25) is 5.91 Å². The zero-order valence-corrected chi connectivity index (χ0v) is 21.9. The van der Waals surface area contributed by atoms with Gasteiger partial charge in [0.1, 0.15) is 5.25 Å². The predicted molar refractivity (Wildman–Crippen MR) is 143 cm³/mol. The zero-order valence-electron chi connectivity index (χ0n) is 20.3. The second-order valence-electron chi connectivity index (χ2n) is 8.48. The molecule has 0 spiro atoms. The molecule has 4 rings (SSSR count). The Balaban J connectivity index is 1.79. The highest BCUT2D eigenvalue weighted by molar-refractivity contribution is 8.00. The fourth-order valence-corrected chi connectivity index (χ4v) is 5.28. The largest absolute Gasteiger partial charge is 0.416 e. The average molecular weight is 562 g/mol. The normalized spacial score (nSPS) is 13.3. The Kier molecular flexibility index (Phi) is 8.44. The Morgan fingerprint density at radius 2 is 1.79 bits per heavy atom. The van der Waals surface area contributed by atoms with Gasteiger partial charge in [0.25, 0.3) is 5.56 Å². The molecule has 3 aromatic carbocycles. The van der Waals surface area contributed by atoms with E-state index in [2.05, 4.69) is 10.3 Å². The molecule has 6 nitrogen and oxygen atoms in total. The third kappa shape index (κ3) is 6.03. The Bertz CT molecular complexity index is 1510. The van der Waals surface area contributed by atoms with E-state index in [-0.39, 0.29) is 28.0 Å². The molecule has 4 aromatic rings. The molecular weight excluding hydrogens is 539 g/mol. The number of amides is 1. The van der Waals surface area contributed by atoms with E-state index in [0.717, 1.165) is 30.0 Å². The lowest BCUT2D eigenvalue weighted by Gasteiger charge is -2.22. The van der Waals surface area contributed by atoms with Crippen molar-refractivity contribution in [3.05, 3.63) is 99.3 Å². The number of rotatable bonds is 8. The summed E-state index contributed by atoms with van der Waals surface area (Å²) in [5.74, 6) is -0.629. The van der Waals surface area contributed by atoms with Gasteiger partial charge < -0.3 is 10.1 Å². The van der Waals surface area contributed by atoms with Crippen molar-refractivity contribution in [1.82, 2.24) is 9.55 Å². The van der Waals surface area contributed by atoms with Gasteiger partial charge in [-0.2, -0.15) is 13.2 Å². The van der Waals surface area contributed by atoms with Gasteiger partial charge in [0, 0.05) is 7.11 Å². The van der Waals surface area contributed by atoms with Gasteiger partial charge >= 0.3 is 6.18 Å². The monoisotopic (exact) mass is 561 g/mol.